The van der Waals surface area contributed by atoms with Gasteiger partial charge in [-0.3, -0.25) is 9.59 Å². The average Bonchev–Trinajstić information content (AvgIpc) is 3.09. The number of H-pyrrole nitrogens is 1. The zero-order valence-electron chi connectivity index (χ0n) is 15.4. The third-order valence-electron chi connectivity index (χ3n) is 4.37. The first-order valence-corrected chi connectivity index (χ1v) is 9.01. The van der Waals surface area contributed by atoms with Crippen molar-refractivity contribution in [1.29, 1.82) is 0 Å². The van der Waals surface area contributed by atoms with Gasteiger partial charge in [0.15, 0.2) is 6.61 Å². The Labute approximate surface area is 164 Å². The summed E-state index contributed by atoms with van der Waals surface area (Å²) in [7, 11) is 0. The maximum atomic E-state index is 12.9. The van der Waals surface area contributed by atoms with Crippen LogP contribution in [0, 0.1) is 0 Å². The van der Waals surface area contributed by atoms with E-state index in [0.717, 1.165) is 28.6 Å². The van der Waals surface area contributed by atoms with Gasteiger partial charge in [0.2, 0.25) is 0 Å². The first kappa shape index (κ1) is 20.4. The van der Waals surface area contributed by atoms with E-state index >= 15 is 0 Å². The van der Waals surface area contributed by atoms with Gasteiger partial charge in [-0.25, -0.2) is 0 Å². The zero-order valence-corrected chi connectivity index (χ0v) is 15.4. The van der Waals surface area contributed by atoms with Gasteiger partial charge in [-0.1, -0.05) is 30.3 Å². The lowest BCUT2D eigenvalue weighted by atomic mass is 10.1. The Morgan fingerprint density at radius 3 is 2.55 bits per heavy atom. The summed E-state index contributed by atoms with van der Waals surface area (Å²) in [5, 5.41) is 3.22. The third-order valence-corrected chi connectivity index (χ3v) is 4.37. The van der Waals surface area contributed by atoms with Gasteiger partial charge in [0.25, 0.3) is 5.91 Å². The molecule has 3 aromatic rings. The van der Waals surface area contributed by atoms with Crippen molar-refractivity contribution in [2.45, 2.75) is 25.4 Å². The number of amides is 1. The monoisotopic (exact) mass is 404 g/mol. The van der Waals surface area contributed by atoms with Crippen LogP contribution in [0.2, 0.25) is 0 Å². The number of hydrogen-bond donors (Lipinski definition) is 2. The molecule has 0 spiro atoms. The van der Waals surface area contributed by atoms with E-state index in [-0.39, 0.29) is 12.1 Å². The summed E-state index contributed by atoms with van der Waals surface area (Å²) in [4.78, 5) is 26.8. The SMILES string of the molecule is O=C(COC(=O)CCCc1c[nH]c2ccccc12)Nc1ccccc1C(F)(F)F. The standard InChI is InChI=1S/C21H19F3N2O3/c22-21(23,24)16-8-2-4-10-18(16)26-19(27)13-29-20(28)11-5-6-14-12-25-17-9-3-1-7-15(14)17/h1-4,7-10,12,25H,5-6,11,13H2,(H,26,27). The van der Waals surface area contributed by atoms with E-state index < -0.39 is 30.2 Å². The zero-order chi connectivity index (χ0) is 20.9. The third kappa shape index (κ3) is 5.37. The summed E-state index contributed by atoms with van der Waals surface area (Å²) < 4.78 is 43.7. The second-order valence-corrected chi connectivity index (χ2v) is 6.47. The molecule has 0 aliphatic heterocycles. The van der Waals surface area contributed by atoms with Crippen LogP contribution in [0.4, 0.5) is 18.9 Å². The van der Waals surface area contributed by atoms with Crippen LogP contribution in [0.15, 0.2) is 54.7 Å². The molecule has 0 saturated heterocycles. The fourth-order valence-corrected chi connectivity index (χ4v) is 3.01. The first-order valence-electron chi connectivity index (χ1n) is 9.01. The molecule has 1 heterocycles. The van der Waals surface area contributed by atoms with Crippen LogP contribution in [-0.4, -0.2) is 23.5 Å². The van der Waals surface area contributed by atoms with Crippen LogP contribution in [0.5, 0.6) is 0 Å². The minimum Gasteiger partial charge on any atom is -0.456 e. The van der Waals surface area contributed by atoms with Gasteiger partial charge >= 0.3 is 12.1 Å². The number of fused-ring (bicyclic) bond motifs is 1. The molecule has 2 N–H and O–H groups in total. The molecule has 0 fully saturated rings. The Kier molecular flexibility index (Phi) is 6.21. The molecular formula is C21H19F3N2O3. The maximum absolute atomic E-state index is 12.9. The van der Waals surface area contributed by atoms with E-state index in [1.807, 2.05) is 30.5 Å². The van der Waals surface area contributed by atoms with Crippen LogP contribution in [-0.2, 0) is 26.9 Å². The smallest absolute Gasteiger partial charge is 0.418 e. The molecule has 0 bridgehead atoms. The highest BCUT2D eigenvalue weighted by molar-refractivity contribution is 5.93. The van der Waals surface area contributed by atoms with Crippen molar-refractivity contribution in [3.8, 4) is 0 Å². The van der Waals surface area contributed by atoms with Crippen molar-refractivity contribution in [2.75, 3.05) is 11.9 Å². The number of para-hydroxylation sites is 2. The molecule has 152 valence electrons. The predicted octanol–water partition coefficient (Wildman–Crippen LogP) is 4.69. The molecule has 0 radical (unpaired) electrons. The van der Waals surface area contributed by atoms with Crippen molar-refractivity contribution in [3.63, 3.8) is 0 Å². The summed E-state index contributed by atoms with van der Waals surface area (Å²) >= 11 is 0. The average molecular weight is 404 g/mol. The fourth-order valence-electron chi connectivity index (χ4n) is 3.01. The maximum Gasteiger partial charge on any atom is 0.418 e. The summed E-state index contributed by atoms with van der Waals surface area (Å²) in [5.41, 5.74) is 0.759. The predicted molar refractivity (Wildman–Crippen MR) is 102 cm³/mol. The number of benzene rings is 2. The second kappa shape index (κ2) is 8.81. The lowest BCUT2D eigenvalue weighted by Crippen LogP contribution is -2.22. The number of anilines is 1. The van der Waals surface area contributed by atoms with E-state index in [4.69, 9.17) is 4.74 Å². The highest BCUT2D eigenvalue weighted by Crippen LogP contribution is 2.34. The Morgan fingerprint density at radius 2 is 1.76 bits per heavy atom. The van der Waals surface area contributed by atoms with Crippen LogP contribution >= 0.6 is 0 Å². The highest BCUT2D eigenvalue weighted by atomic mass is 19.4. The number of carbonyl (C=O) groups excluding carboxylic acids is 2. The number of hydrogen-bond acceptors (Lipinski definition) is 3. The van der Waals surface area contributed by atoms with Crippen molar-refractivity contribution in [3.05, 3.63) is 65.9 Å². The van der Waals surface area contributed by atoms with Gasteiger partial charge in [0.05, 0.1) is 11.3 Å². The van der Waals surface area contributed by atoms with E-state index in [2.05, 4.69) is 10.3 Å². The molecule has 1 aromatic heterocycles. The van der Waals surface area contributed by atoms with Gasteiger partial charge in [-0.15, -0.1) is 0 Å². The Bertz CT molecular complexity index is 1010. The van der Waals surface area contributed by atoms with Gasteiger partial charge in [0, 0.05) is 23.5 Å². The molecule has 0 saturated carbocycles. The molecule has 0 aliphatic rings. The van der Waals surface area contributed by atoms with Crippen molar-refractivity contribution in [1.82, 2.24) is 4.98 Å². The van der Waals surface area contributed by atoms with E-state index in [1.54, 1.807) is 0 Å². The van der Waals surface area contributed by atoms with Crippen LogP contribution in [0.25, 0.3) is 10.9 Å². The lowest BCUT2D eigenvalue weighted by molar-refractivity contribution is -0.147. The van der Waals surface area contributed by atoms with Crippen molar-refractivity contribution in [2.24, 2.45) is 0 Å². The minimum absolute atomic E-state index is 0.103. The molecule has 2 aromatic carbocycles. The quantitative estimate of drug-likeness (QED) is 0.561. The van der Waals surface area contributed by atoms with Gasteiger partial charge in [0.1, 0.15) is 0 Å². The molecule has 5 nitrogen and oxygen atoms in total. The molecule has 3 rings (SSSR count). The number of aromatic nitrogens is 1. The number of ether oxygens (including phenoxy) is 1. The van der Waals surface area contributed by atoms with E-state index in [1.165, 1.54) is 12.1 Å². The van der Waals surface area contributed by atoms with E-state index in [9.17, 15) is 22.8 Å². The number of aryl methyl sites for hydroxylation is 1. The molecule has 8 heteroatoms. The van der Waals surface area contributed by atoms with E-state index in [0.29, 0.717) is 12.8 Å². The number of alkyl halides is 3. The Morgan fingerprint density at radius 1 is 1.03 bits per heavy atom. The van der Waals surface area contributed by atoms with Crippen LogP contribution in [0.3, 0.4) is 0 Å². The highest BCUT2D eigenvalue weighted by Gasteiger charge is 2.33. The molecule has 0 atom stereocenters. The molecular weight excluding hydrogens is 385 g/mol. The normalized spacial score (nSPS) is 11.4. The Hall–Kier alpha value is -3.29. The topological polar surface area (TPSA) is 71.2 Å². The fraction of sp³-hybridized carbons (Fsp3) is 0.238. The first-order chi connectivity index (χ1) is 13.8. The minimum atomic E-state index is -4.59. The molecule has 29 heavy (non-hydrogen) atoms. The van der Waals surface area contributed by atoms with Gasteiger partial charge < -0.3 is 15.0 Å². The van der Waals surface area contributed by atoms with Crippen LogP contribution < -0.4 is 5.32 Å². The molecule has 1 amide bonds. The summed E-state index contributed by atoms with van der Waals surface area (Å²) in [5.74, 6) is -1.41. The van der Waals surface area contributed by atoms with Gasteiger partial charge in [-0.05, 0) is 36.6 Å². The van der Waals surface area contributed by atoms with Crippen LogP contribution in [0.1, 0.15) is 24.0 Å². The molecule has 0 unspecified atom stereocenters. The largest absolute Gasteiger partial charge is 0.456 e. The summed E-state index contributed by atoms with van der Waals surface area (Å²) in [6.45, 7) is -0.641. The van der Waals surface area contributed by atoms with Crippen molar-refractivity contribution >= 4 is 28.5 Å². The second-order valence-electron chi connectivity index (χ2n) is 6.47. The lowest BCUT2D eigenvalue weighted by Gasteiger charge is -2.13. The number of aromatic amines is 1. The number of carbonyl (C=O) groups is 2. The number of rotatable bonds is 7. The number of nitrogens with one attached hydrogen (secondary N) is 2. The van der Waals surface area contributed by atoms with Gasteiger partial charge in [-0.2, -0.15) is 13.2 Å². The van der Waals surface area contributed by atoms with Crippen molar-refractivity contribution < 1.29 is 27.5 Å². The molecule has 0 aliphatic carbocycles. The number of halogens is 3. The Balaban J connectivity index is 1.44. The summed E-state index contributed by atoms with van der Waals surface area (Å²) in [6.07, 6.45) is -1.42. The summed E-state index contributed by atoms with van der Waals surface area (Å²) in [6, 6.07) is 12.4. The number of esters is 1.